The van der Waals surface area contributed by atoms with E-state index in [2.05, 4.69) is 43.1 Å². The van der Waals surface area contributed by atoms with Gasteiger partial charge >= 0.3 is 0 Å². The molecule has 1 fully saturated rings. The predicted molar refractivity (Wildman–Crippen MR) is 72.9 cm³/mol. The Labute approximate surface area is 105 Å². The Balaban J connectivity index is 2.26. The van der Waals surface area contributed by atoms with Gasteiger partial charge in [0.15, 0.2) is 0 Å². The first-order chi connectivity index (χ1) is 8.22. The highest BCUT2D eigenvalue weighted by molar-refractivity contribution is 5.25. The average molecular weight is 232 g/mol. The molecule has 2 atom stereocenters. The highest BCUT2D eigenvalue weighted by Crippen LogP contribution is 2.33. The zero-order valence-corrected chi connectivity index (χ0v) is 11.0. The lowest BCUT2D eigenvalue weighted by atomic mass is 9.89. The molecular weight excluding hydrogens is 208 g/mol. The monoisotopic (exact) mass is 232 g/mol. The van der Waals surface area contributed by atoms with Gasteiger partial charge in [-0.2, -0.15) is 0 Å². The van der Waals surface area contributed by atoms with Crippen LogP contribution in [0.2, 0.25) is 0 Å². The fourth-order valence-electron chi connectivity index (χ4n) is 2.96. The summed E-state index contributed by atoms with van der Waals surface area (Å²) < 4.78 is 0. The molecule has 1 saturated heterocycles. The van der Waals surface area contributed by atoms with Crippen LogP contribution in [0.25, 0.3) is 0 Å². The molecule has 0 amide bonds. The molecule has 94 valence electrons. The van der Waals surface area contributed by atoms with Crippen molar-refractivity contribution in [3.63, 3.8) is 0 Å². The lowest BCUT2D eigenvalue weighted by Gasteiger charge is -2.32. The second kappa shape index (κ2) is 5.65. The van der Waals surface area contributed by atoms with Crippen LogP contribution in [0.1, 0.15) is 36.4 Å². The minimum atomic E-state index is 0.503. The lowest BCUT2D eigenvalue weighted by Crippen LogP contribution is -2.32. The topological polar surface area (TPSA) is 29.3 Å². The molecule has 1 aromatic rings. The van der Waals surface area contributed by atoms with E-state index in [9.17, 15) is 0 Å². The number of aryl methyl sites for hydroxylation is 1. The fraction of sp³-hybridized carbons (Fsp3) is 0.600. The van der Waals surface area contributed by atoms with E-state index in [1.807, 2.05) is 0 Å². The maximum atomic E-state index is 5.97. The molecule has 2 heteroatoms. The van der Waals surface area contributed by atoms with Crippen molar-refractivity contribution in [1.29, 1.82) is 0 Å². The molecule has 1 aromatic carbocycles. The van der Waals surface area contributed by atoms with Crippen molar-refractivity contribution < 1.29 is 0 Å². The number of hydrogen-bond donors (Lipinski definition) is 1. The van der Waals surface area contributed by atoms with Crippen molar-refractivity contribution in [2.45, 2.75) is 32.2 Å². The van der Waals surface area contributed by atoms with E-state index >= 15 is 0 Å². The first-order valence-corrected chi connectivity index (χ1v) is 6.69. The molecule has 2 rings (SSSR count). The molecule has 1 heterocycles. The van der Waals surface area contributed by atoms with Gasteiger partial charge in [-0.3, -0.25) is 4.90 Å². The van der Waals surface area contributed by atoms with Gasteiger partial charge in [0.2, 0.25) is 0 Å². The zero-order valence-electron chi connectivity index (χ0n) is 11.0. The van der Waals surface area contributed by atoms with E-state index in [1.165, 1.54) is 36.9 Å². The van der Waals surface area contributed by atoms with Crippen LogP contribution in [0.15, 0.2) is 24.3 Å². The lowest BCUT2D eigenvalue weighted by molar-refractivity contribution is 0.196. The minimum absolute atomic E-state index is 0.503. The van der Waals surface area contributed by atoms with Crippen molar-refractivity contribution >= 4 is 0 Å². The summed E-state index contributed by atoms with van der Waals surface area (Å²) in [6.45, 7) is 4.12. The van der Waals surface area contributed by atoms with Crippen LogP contribution in [-0.4, -0.2) is 25.0 Å². The first-order valence-electron chi connectivity index (χ1n) is 6.69. The zero-order chi connectivity index (χ0) is 12.3. The Morgan fingerprint density at radius 3 is 2.59 bits per heavy atom. The molecule has 0 bridgehead atoms. The molecule has 1 aliphatic heterocycles. The summed E-state index contributed by atoms with van der Waals surface area (Å²) in [7, 11) is 2.23. The van der Waals surface area contributed by atoms with Gasteiger partial charge in [0, 0.05) is 6.04 Å². The minimum Gasteiger partial charge on any atom is -0.330 e. The third-order valence-electron chi connectivity index (χ3n) is 3.98. The summed E-state index contributed by atoms with van der Waals surface area (Å²) in [5.74, 6) is 0.602. The Bertz CT molecular complexity index is 344. The van der Waals surface area contributed by atoms with Crippen LogP contribution in [-0.2, 0) is 0 Å². The highest BCUT2D eigenvalue weighted by atomic mass is 15.1. The summed E-state index contributed by atoms with van der Waals surface area (Å²) in [4.78, 5) is 2.48. The molecular formula is C15H24N2. The SMILES string of the molecule is Cc1ccc(C2C(CN)CCCCN2C)cc1. The summed E-state index contributed by atoms with van der Waals surface area (Å²) in [6, 6.07) is 9.46. The molecule has 0 aliphatic carbocycles. The summed E-state index contributed by atoms with van der Waals surface area (Å²) >= 11 is 0. The Kier molecular flexibility index (Phi) is 4.19. The van der Waals surface area contributed by atoms with Gasteiger partial charge in [-0.1, -0.05) is 36.2 Å². The first kappa shape index (κ1) is 12.6. The number of rotatable bonds is 2. The van der Waals surface area contributed by atoms with Crippen LogP contribution in [0.3, 0.4) is 0 Å². The molecule has 1 aliphatic rings. The van der Waals surface area contributed by atoms with Crippen LogP contribution in [0.4, 0.5) is 0 Å². The highest BCUT2D eigenvalue weighted by Gasteiger charge is 2.27. The molecule has 0 radical (unpaired) electrons. The fourth-order valence-corrected chi connectivity index (χ4v) is 2.96. The van der Waals surface area contributed by atoms with Crippen LogP contribution in [0.5, 0.6) is 0 Å². The van der Waals surface area contributed by atoms with E-state index < -0.39 is 0 Å². The Hall–Kier alpha value is -0.860. The number of nitrogens with zero attached hydrogens (tertiary/aromatic N) is 1. The van der Waals surface area contributed by atoms with Gasteiger partial charge in [-0.05, 0) is 51.4 Å². The van der Waals surface area contributed by atoms with E-state index in [0.717, 1.165) is 6.54 Å². The van der Waals surface area contributed by atoms with Gasteiger partial charge in [0.1, 0.15) is 0 Å². The normalized spacial score (nSPS) is 26.8. The van der Waals surface area contributed by atoms with Crippen molar-refractivity contribution in [2.24, 2.45) is 11.7 Å². The van der Waals surface area contributed by atoms with E-state index in [4.69, 9.17) is 5.73 Å². The molecule has 17 heavy (non-hydrogen) atoms. The summed E-state index contributed by atoms with van der Waals surface area (Å²) in [5.41, 5.74) is 8.72. The molecule has 2 N–H and O–H groups in total. The van der Waals surface area contributed by atoms with Crippen molar-refractivity contribution in [3.05, 3.63) is 35.4 Å². The average Bonchev–Trinajstić information content (AvgIpc) is 2.52. The molecule has 0 aromatic heterocycles. The Morgan fingerprint density at radius 2 is 1.94 bits per heavy atom. The standard InChI is InChI=1S/C15H24N2/c1-12-6-8-13(9-7-12)15-14(11-16)5-3-4-10-17(15)2/h6-9,14-15H,3-5,10-11,16H2,1-2H3. The number of hydrogen-bond acceptors (Lipinski definition) is 2. The van der Waals surface area contributed by atoms with Gasteiger partial charge in [0.05, 0.1) is 0 Å². The van der Waals surface area contributed by atoms with Gasteiger partial charge in [-0.25, -0.2) is 0 Å². The van der Waals surface area contributed by atoms with Crippen molar-refractivity contribution in [3.8, 4) is 0 Å². The molecule has 0 spiro atoms. The maximum Gasteiger partial charge on any atom is 0.0385 e. The van der Waals surface area contributed by atoms with Crippen molar-refractivity contribution in [1.82, 2.24) is 4.90 Å². The van der Waals surface area contributed by atoms with Gasteiger partial charge < -0.3 is 5.73 Å². The van der Waals surface area contributed by atoms with Gasteiger partial charge in [-0.15, -0.1) is 0 Å². The third kappa shape index (κ3) is 2.88. The summed E-state index contributed by atoms with van der Waals surface area (Å²) in [6.07, 6.45) is 3.88. The van der Waals surface area contributed by atoms with E-state index in [0.29, 0.717) is 12.0 Å². The largest absolute Gasteiger partial charge is 0.330 e. The van der Waals surface area contributed by atoms with E-state index in [1.54, 1.807) is 0 Å². The smallest absolute Gasteiger partial charge is 0.0385 e. The Morgan fingerprint density at radius 1 is 1.24 bits per heavy atom. The summed E-state index contributed by atoms with van der Waals surface area (Å²) in [5, 5.41) is 0. The van der Waals surface area contributed by atoms with Crippen LogP contribution in [0, 0.1) is 12.8 Å². The van der Waals surface area contributed by atoms with E-state index in [-0.39, 0.29) is 0 Å². The molecule has 0 saturated carbocycles. The number of likely N-dealkylation sites (tertiary alicyclic amines) is 1. The molecule has 2 nitrogen and oxygen atoms in total. The molecule has 2 unspecified atom stereocenters. The quantitative estimate of drug-likeness (QED) is 0.849. The second-order valence-corrected chi connectivity index (χ2v) is 5.33. The maximum absolute atomic E-state index is 5.97. The van der Waals surface area contributed by atoms with Crippen LogP contribution < -0.4 is 5.73 Å². The number of nitrogens with two attached hydrogens (primary N) is 1. The predicted octanol–water partition coefficient (Wildman–Crippen LogP) is 2.73. The van der Waals surface area contributed by atoms with Gasteiger partial charge in [0.25, 0.3) is 0 Å². The van der Waals surface area contributed by atoms with Crippen LogP contribution >= 0.6 is 0 Å². The number of benzene rings is 1. The van der Waals surface area contributed by atoms with Crippen molar-refractivity contribution in [2.75, 3.05) is 20.1 Å². The third-order valence-corrected chi connectivity index (χ3v) is 3.98. The second-order valence-electron chi connectivity index (χ2n) is 5.33.